The highest BCUT2D eigenvalue weighted by atomic mass is 16.6. The molecule has 1 heterocycles. The average molecular weight is 382 g/mol. The van der Waals surface area contributed by atoms with Gasteiger partial charge in [0, 0.05) is 25.1 Å². The SMILES string of the molecule is Cc1noc(CCCNC(=O)c2cc([N+](=O)[O-])ccc2Oc2ccccc2)n1. The van der Waals surface area contributed by atoms with Gasteiger partial charge in [0.2, 0.25) is 5.89 Å². The van der Waals surface area contributed by atoms with E-state index >= 15 is 0 Å². The number of rotatable bonds is 8. The van der Waals surface area contributed by atoms with Crippen molar-refractivity contribution in [3.05, 3.63) is 75.9 Å². The number of non-ortho nitro benzene ring substituents is 1. The summed E-state index contributed by atoms with van der Waals surface area (Å²) in [5, 5.41) is 17.5. The van der Waals surface area contributed by atoms with Crippen LogP contribution >= 0.6 is 0 Å². The van der Waals surface area contributed by atoms with Gasteiger partial charge in [-0.3, -0.25) is 14.9 Å². The van der Waals surface area contributed by atoms with Crippen LogP contribution in [0.15, 0.2) is 53.1 Å². The van der Waals surface area contributed by atoms with E-state index in [1.165, 1.54) is 18.2 Å². The molecule has 2 aromatic carbocycles. The predicted octanol–water partition coefficient (Wildman–Crippen LogP) is 3.44. The Morgan fingerprint density at radius 1 is 1.25 bits per heavy atom. The van der Waals surface area contributed by atoms with E-state index in [0.717, 1.165) is 0 Å². The molecule has 0 saturated carbocycles. The van der Waals surface area contributed by atoms with E-state index in [-0.39, 0.29) is 17.0 Å². The third-order valence-electron chi connectivity index (χ3n) is 3.81. The van der Waals surface area contributed by atoms with Crippen LogP contribution < -0.4 is 10.1 Å². The quantitative estimate of drug-likeness (QED) is 0.360. The second-order valence-electron chi connectivity index (χ2n) is 5.95. The summed E-state index contributed by atoms with van der Waals surface area (Å²) in [6.45, 7) is 2.07. The van der Waals surface area contributed by atoms with Crippen molar-refractivity contribution in [2.24, 2.45) is 0 Å². The Kier molecular flexibility index (Phi) is 5.95. The maximum atomic E-state index is 12.6. The number of nitrogens with zero attached hydrogens (tertiary/aromatic N) is 3. The van der Waals surface area contributed by atoms with Crippen molar-refractivity contribution in [2.45, 2.75) is 19.8 Å². The Balaban J connectivity index is 1.69. The van der Waals surface area contributed by atoms with Crippen LogP contribution in [-0.4, -0.2) is 27.5 Å². The summed E-state index contributed by atoms with van der Waals surface area (Å²) in [5.41, 5.74) is -0.0985. The lowest BCUT2D eigenvalue weighted by Crippen LogP contribution is -2.25. The highest BCUT2D eigenvalue weighted by Crippen LogP contribution is 2.28. The largest absolute Gasteiger partial charge is 0.457 e. The molecule has 1 N–H and O–H groups in total. The lowest BCUT2D eigenvalue weighted by atomic mass is 10.1. The highest BCUT2D eigenvalue weighted by Gasteiger charge is 2.18. The summed E-state index contributed by atoms with van der Waals surface area (Å²) in [7, 11) is 0. The summed E-state index contributed by atoms with van der Waals surface area (Å²) in [6, 6.07) is 12.8. The molecule has 3 rings (SSSR count). The Bertz CT molecular complexity index is 971. The second kappa shape index (κ2) is 8.76. The van der Waals surface area contributed by atoms with E-state index < -0.39 is 10.8 Å². The third kappa shape index (κ3) is 4.91. The lowest BCUT2D eigenvalue weighted by molar-refractivity contribution is -0.384. The van der Waals surface area contributed by atoms with E-state index in [1.807, 2.05) is 6.07 Å². The summed E-state index contributed by atoms with van der Waals surface area (Å²) in [6.07, 6.45) is 1.10. The van der Waals surface area contributed by atoms with Gasteiger partial charge in [0.05, 0.1) is 10.5 Å². The number of carbonyl (C=O) groups is 1. The number of carbonyl (C=O) groups excluding carboxylic acids is 1. The van der Waals surface area contributed by atoms with E-state index in [9.17, 15) is 14.9 Å². The number of nitro benzene ring substituents is 1. The van der Waals surface area contributed by atoms with E-state index in [1.54, 1.807) is 31.2 Å². The Labute approximate surface area is 160 Å². The molecule has 0 spiro atoms. The van der Waals surface area contributed by atoms with Gasteiger partial charge < -0.3 is 14.6 Å². The fourth-order valence-corrected chi connectivity index (χ4v) is 2.49. The number of ether oxygens (including phenoxy) is 1. The first-order valence-electron chi connectivity index (χ1n) is 8.61. The molecule has 1 amide bonds. The first kappa shape index (κ1) is 19.0. The van der Waals surface area contributed by atoms with Crippen LogP contribution in [0.2, 0.25) is 0 Å². The van der Waals surface area contributed by atoms with Crippen LogP contribution in [0.1, 0.15) is 28.5 Å². The molecule has 0 aliphatic rings. The van der Waals surface area contributed by atoms with Crippen molar-refractivity contribution < 1.29 is 19.0 Å². The molecule has 0 unspecified atom stereocenters. The molecule has 9 nitrogen and oxygen atoms in total. The molecule has 1 aromatic heterocycles. The van der Waals surface area contributed by atoms with Crippen LogP contribution in [0.25, 0.3) is 0 Å². The van der Waals surface area contributed by atoms with Gasteiger partial charge in [0.15, 0.2) is 5.82 Å². The Hall–Kier alpha value is -3.75. The third-order valence-corrected chi connectivity index (χ3v) is 3.81. The predicted molar refractivity (Wildman–Crippen MR) is 99.3 cm³/mol. The van der Waals surface area contributed by atoms with Gasteiger partial charge in [-0.05, 0) is 31.5 Å². The summed E-state index contributed by atoms with van der Waals surface area (Å²) >= 11 is 0. The standard InChI is InChI=1S/C19H18N4O5/c1-13-21-18(28-22-13)8-5-11-20-19(24)16-12-14(23(25)26)9-10-17(16)27-15-6-3-2-4-7-15/h2-4,6-7,9-10,12H,5,8,11H2,1H3,(H,20,24). The van der Waals surface area contributed by atoms with Crippen molar-refractivity contribution in [2.75, 3.05) is 6.54 Å². The van der Waals surface area contributed by atoms with Crippen LogP contribution in [0, 0.1) is 17.0 Å². The lowest BCUT2D eigenvalue weighted by Gasteiger charge is -2.11. The van der Waals surface area contributed by atoms with Gasteiger partial charge in [0.1, 0.15) is 11.5 Å². The van der Waals surface area contributed by atoms with Gasteiger partial charge in [-0.2, -0.15) is 4.98 Å². The molecule has 0 atom stereocenters. The molecular formula is C19H18N4O5. The molecule has 0 aliphatic carbocycles. The second-order valence-corrected chi connectivity index (χ2v) is 5.95. The Morgan fingerprint density at radius 3 is 2.71 bits per heavy atom. The maximum absolute atomic E-state index is 12.6. The number of para-hydroxylation sites is 1. The number of nitro groups is 1. The van der Waals surface area contributed by atoms with E-state index in [4.69, 9.17) is 9.26 Å². The molecule has 0 radical (unpaired) electrons. The first-order chi connectivity index (χ1) is 13.5. The number of amides is 1. The van der Waals surface area contributed by atoms with Crippen LogP contribution in [0.5, 0.6) is 11.5 Å². The fraction of sp³-hybridized carbons (Fsp3) is 0.211. The molecule has 3 aromatic rings. The van der Waals surface area contributed by atoms with Gasteiger partial charge >= 0.3 is 0 Å². The van der Waals surface area contributed by atoms with E-state index in [2.05, 4.69) is 15.5 Å². The summed E-state index contributed by atoms with van der Waals surface area (Å²) in [4.78, 5) is 27.2. The number of nitrogens with one attached hydrogen (secondary N) is 1. The van der Waals surface area contributed by atoms with Crippen molar-refractivity contribution in [3.63, 3.8) is 0 Å². The number of hydrogen-bond acceptors (Lipinski definition) is 7. The minimum atomic E-state index is -0.555. The van der Waals surface area contributed by atoms with Crippen LogP contribution in [0.3, 0.4) is 0 Å². The highest BCUT2D eigenvalue weighted by molar-refractivity contribution is 5.97. The van der Waals surface area contributed by atoms with Gasteiger partial charge in [-0.15, -0.1) is 0 Å². The maximum Gasteiger partial charge on any atom is 0.270 e. The van der Waals surface area contributed by atoms with Crippen molar-refractivity contribution >= 4 is 11.6 Å². The van der Waals surface area contributed by atoms with Crippen molar-refractivity contribution in [3.8, 4) is 11.5 Å². The minimum absolute atomic E-state index is 0.0895. The van der Waals surface area contributed by atoms with Crippen molar-refractivity contribution in [1.29, 1.82) is 0 Å². The molecule has 9 heteroatoms. The minimum Gasteiger partial charge on any atom is -0.457 e. The average Bonchev–Trinajstić information content (AvgIpc) is 3.11. The summed E-state index contributed by atoms with van der Waals surface area (Å²) < 4.78 is 10.7. The van der Waals surface area contributed by atoms with Gasteiger partial charge in [-0.25, -0.2) is 0 Å². The molecule has 0 bridgehead atoms. The summed E-state index contributed by atoms with van der Waals surface area (Å²) in [5.74, 6) is 1.35. The first-order valence-corrected chi connectivity index (χ1v) is 8.61. The molecule has 28 heavy (non-hydrogen) atoms. The number of benzene rings is 2. The van der Waals surface area contributed by atoms with Gasteiger partial charge in [0.25, 0.3) is 11.6 Å². The van der Waals surface area contributed by atoms with Crippen LogP contribution in [-0.2, 0) is 6.42 Å². The van der Waals surface area contributed by atoms with E-state index in [0.29, 0.717) is 36.9 Å². The topological polar surface area (TPSA) is 120 Å². The molecule has 0 aliphatic heterocycles. The molecular weight excluding hydrogens is 364 g/mol. The molecule has 0 fully saturated rings. The zero-order chi connectivity index (χ0) is 19.9. The van der Waals surface area contributed by atoms with Crippen LogP contribution in [0.4, 0.5) is 5.69 Å². The fourth-order valence-electron chi connectivity index (χ4n) is 2.49. The monoisotopic (exact) mass is 382 g/mol. The zero-order valence-electron chi connectivity index (χ0n) is 15.1. The normalized spacial score (nSPS) is 10.5. The Morgan fingerprint density at radius 2 is 2.04 bits per heavy atom. The van der Waals surface area contributed by atoms with Crippen molar-refractivity contribution in [1.82, 2.24) is 15.5 Å². The number of aromatic nitrogens is 2. The molecule has 0 saturated heterocycles. The smallest absolute Gasteiger partial charge is 0.270 e. The zero-order valence-corrected chi connectivity index (χ0v) is 15.1. The molecule has 144 valence electrons. The van der Waals surface area contributed by atoms with Gasteiger partial charge in [-0.1, -0.05) is 23.4 Å². The number of aryl methyl sites for hydroxylation is 2. The number of hydrogen-bond donors (Lipinski definition) is 1.